The molecular weight excluding hydrogens is 420 g/mol. The van der Waals surface area contributed by atoms with Gasteiger partial charge in [-0.2, -0.15) is 14.6 Å². The van der Waals surface area contributed by atoms with Gasteiger partial charge in [-0.1, -0.05) is 12.1 Å². The molecular formula is C22H30N10O. The van der Waals surface area contributed by atoms with Gasteiger partial charge in [0, 0.05) is 63.8 Å². The van der Waals surface area contributed by atoms with Gasteiger partial charge < -0.3 is 25.6 Å². The third-order valence-electron chi connectivity index (χ3n) is 5.98. The van der Waals surface area contributed by atoms with Crippen LogP contribution in [0.2, 0.25) is 0 Å². The molecule has 2 aliphatic rings. The highest BCUT2D eigenvalue weighted by molar-refractivity contribution is 5.55. The van der Waals surface area contributed by atoms with Crippen molar-refractivity contribution in [2.24, 2.45) is 0 Å². The number of hydrogen-bond donors (Lipinski definition) is 2. The fourth-order valence-electron chi connectivity index (χ4n) is 4.00. The van der Waals surface area contributed by atoms with Crippen molar-refractivity contribution in [2.45, 2.75) is 6.54 Å². The normalized spacial score (nSPS) is 17.9. The second-order valence-electron chi connectivity index (χ2n) is 8.42. The molecule has 5 rings (SSSR count). The number of anilines is 4. The standard InChI is InChI=1S/C22H30N10O/c1-29-8-10-31(11-9-29)22-24-7-6-19(26-22)32-20(23)27-21(28-32)25-18-4-2-17(3-5-18)16-30-12-14-33-15-13-30/h2-7H,8-16H2,1H3,(H3,23,25,27,28). The van der Waals surface area contributed by atoms with Gasteiger partial charge in [-0.15, -0.1) is 5.10 Å². The van der Waals surface area contributed by atoms with E-state index in [-0.39, 0.29) is 5.95 Å². The molecule has 0 atom stereocenters. The first-order valence-corrected chi connectivity index (χ1v) is 11.3. The van der Waals surface area contributed by atoms with E-state index in [0.717, 1.165) is 64.7 Å². The van der Waals surface area contributed by atoms with E-state index >= 15 is 0 Å². The Morgan fingerprint density at radius 1 is 0.970 bits per heavy atom. The Hall–Kier alpha value is -3.28. The van der Waals surface area contributed by atoms with E-state index in [1.165, 1.54) is 10.2 Å². The third kappa shape index (κ3) is 5.21. The van der Waals surface area contributed by atoms with Gasteiger partial charge >= 0.3 is 0 Å². The summed E-state index contributed by atoms with van der Waals surface area (Å²) >= 11 is 0. The molecule has 174 valence electrons. The summed E-state index contributed by atoms with van der Waals surface area (Å²) in [6.45, 7) is 8.23. The number of morpholine rings is 1. The maximum Gasteiger partial charge on any atom is 0.248 e. The quantitative estimate of drug-likeness (QED) is 0.563. The van der Waals surface area contributed by atoms with Crippen LogP contribution >= 0.6 is 0 Å². The number of rotatable bonds is 6. The SMILES string of the molecule is CN1CCN(c2nccc(-n3nc(Nc4ccc(CN5CCOCC5)cc4)nc3N)n2)CC1. The molecule has 0 spiro atoms. The van der Waals surface area contributed by atoms with Crippen molar-refractivity contribution in [2.75, 3.05) is 75.5 Å². The van der Waals surface area contributed by atoms with Crippen LogP contribution in [-0.4, -0.2) is 94.1 Å². The lowest BCUT2D eigenvalue weighted by molar-refractivity contribution is 0.0342. The van der Waals surface area contributed by atoms with E-state index in [0.29, 0.717) is 17.7 Å². The summed E-state index contributed by atoms with van der Waals surface area (Å²) in [5.41, 5.74) is 8.32. The van der Waals surface area contributed by atoms with Crippen LogP contribution in [0.1, 0.15) is 5.56 Å². The monoisotopic (exact) mass is 450 g/mol. The number of hydrogen-bond acceptors (Lipinski definition) is 10. The molecule has 0 aliphatic carbocycles. The average molecular weight is 451 g/mol. The van der Waals surface area contributed by atoms with Crippen LogP contribution in [-0.2, 0) is 11.3 Å². The van der Waals surface area contributed by atoms with Crippen molar-refractivity contribution in [3.63, 3.8) is 0 Å². The van der Waals surface area contributed by atoms with E-state index in [1.807, 2.05) is 12.1 Å². The van der Waals surface area contributed by atoms with E-state index in [4.69, 9.17) is 10.5 Å². The lowest BCUT2D eigenvalue weighted by Crippen LogP contribution is -2.45. The molecule has 2 saturated heterocycles. The van der Waals surface area contributed by atoms with Crippen molar-refractivity contribution in [3.05, 3.63) is 42.1 Å². The molecule has 1 aromatic carbocycles. The lowest BCUT2D eigenvalue weighted by Gasteiger charge is -2.32. The molecule has 0 radical (unpaired) electrons. The van der Waals surface area contributed by atoms with E-state index in [2.05, 4.69) is 59.2 Å². The summed E-state index contributed by atoms with van der Waals surface area (Å²) < 4.78 is 6.96. The Kier molecular flexibility index (Phi) is 6.33. The fraction of sp³-hybridized carbons (Fsp3) is 0.455. The van der Waals surface area contributed by atoms with Gasteiger partial charge in [0.1, 0.15) is 0 Å². The molecule has 2 aliphatic heterocycles. The van der Waals surface area contributed by atoms with Gasteiger partial charge in [0.2, 0.25) is 17.8 Å². The Morgan fingerprint density at radius 2 is 1.73 bits per heavy atom. The first-order chi connectivity index (χ1) is 16.1. The summed E-state index contributed by atoms with van der Waals surface area (Å²) in [4.78, 5) is 20.3. The van der Waals surface area contributed by atoms with Crippen molar-refractivity contribution in [1.29, 1.82) is 0 Å². The van der Waals surface area contributed by atoms with Crippen molar-refractivity contribution in [1.82, 2.24) is 34.5 Å². The molecule has 3 aromatic rings. The minimum atomic E-state index is 0.268. The minimum absolute atomic E-state index is 0.268. The molecule has 2 fully saturated rings. The number of nitrogens with two attached hydrogens (primary N) is 1. The molecule has 4 heterocycles. The summed E-state index contributed by atoms with van der Waals surface area (Å²) in [5, 5.41) is 7.75. The molecule has 0 amide bonds. The molecule has 11 heteroatoms. The molecule has 0 bridgehead atoms. The first-order valence-electron chi connectivity index (χ1n) is 11.3. The number of likely N-dealkylation sites (N-methyl/N-ethyl adjacent to an activating group) is 1. The highest BCUT2D eigenvalue weighted by Gasteiger charge is 2.18. The second kappa shape index (κ2) is 9.69. The molecule has 3 N–H and O–H groups in total. The summed E-state index contributed by atoms with van der Waals surface area (Å²) in [7, 11) is 2.12. The largest absolute Gasteiger partial charge is 0.379 e. The maximum atomic E-state index is 6.15. The van der Waals surface area contributed by atoms with E-state index in [9.17, 15) is 0 Å². The van der Waals surface area contributed by atoms with Crippen LogP contribution < -0.4 is 16.0 Å². The zero-order valence-electron chi connectivity index (χ0n) is 18.9. The van der Waals surface area contributed by atoms with Gasteiger partial charge in [-0.3, -0.25) is 4.90 Å². The van der Waals surface area contributed by atoms with E-state index in [1.54, 1.807) is 12.3 Å². The summed E-state index contributed by atoms with van der Waals surface area (Å²) in [5.74, 6) is 1.97. The Bertz CT molecular complexity index is 1060. The predicted octanol–water partition coefficient (Wildman–Crippen LogP) is 0.967. The van der Waals surface area contributed by atoms with Gasteiger partial charge in [0.15, 0.2) is 5.82 Å². The summed E-state index contributed by atoms with van der Waals surface area (Å²) in [6, 6.07) is 10.1. The number of nitrogens with zero attached hydrogens (tertiary/aromatic N) is 8. The minimum Gasteiger partial charge on any atom is -0.379 e. The Labute approximate surface area is 193 Å². The molecule has 0 unspecified atom stereocenters. The molecule has 0 saturated carbocycles. The second-order valence-corrected chi connectivity index (χ2v) is 8.42. The van der Waals surface area contributed by atoms with Gasteiger partial charge in [-0.25, -0.2) is 4.98 Å². The van der Waals surface area contributed by atoms with Crippen molar-refractivity contribution in [3.8, 4) is 5.82 Å². The van der Waals surface area contributed by atoms with Gasteiger partial charge in [-0.05, 0) is 24.7 Å². The lowest BCUT2D eigenvalue weighted by atomic mass is 10.2. The molecule has 2 aromatic heterocycles. The van der Waals surface area contributed by atoms with Crippen LogP contribution in [0.4, 0.5) is 23.5 Å². The average Bonchev–Trinajstić information content (AvgIpc) is 3.21. The highest BCUT2D eigenvalue weighted by atomic mass is 16.5. The third-order valence-corrected chi connectivity index (χ3v) is 5.98. The van der Waals surface area contributed by atoms with Gasteiger partial charge in [0.25, 0.3) is 0 Å². The van der Waals surface area contributed by atoms with Crippen LogP contribution in [0, 0.1) is 0 Å². The van der Waals surface area contributed by atoms with E-state index < -0.39 is 0 Å². The number of nitrogens with one attached hydrogen (secondary N) is 1. The molecule has 11 nitrogen and oxygen atoms in total. The van der Waals surface area contributed by atoms with Gasteiger partial charge in [0.05, 0.1) is 13.2 Å². The summed E-state index contributed by atoms with van der Waals surface area (Å²) in [6.07, 6.45) is 1.73. The zero-order chi connectivity index (χ0) is 22.6. The fourth-order valence-corrected chi connectivity index (χ4v) is 4.00. The smallest absolute Gasteiger partial charge is 0.248 e. The molecule has 33 heavy (non-hydrogen) atoms. The van der Waals surface area contributed by atoms with Crippen LogP contribution in [0.25, 0.3) is 5.82 Å². The number of benzene rings is 1. The van der Waals surface area contributed by atoms with Crippen molar-refractivity contribution < 1.29 is 4.74 Å². The highest BCUT2D eigenvalue weighted by Crippen LogP contribution is 2.19. The number of piperazine rings is 1. The first kappa shape index (κ1) is 21.6. The number of aromatic nitrogens is 5. The Balaban J connectivity index is 1.26. The number of nitrogen functional groups attached to an aromatic ring is 1. The van der Waals surface area contributed by atoms with Crippen LogP contribution in [0.3, 0.4) is 0 Å². The van der Waals surface area contributed by atoms with Crippen LogP contribution in [0.5, 0.6) is 0 Å². The van der Waals surface area contributed by atoms with Crippen molar-refractivity contribution >= 4 is 23.5 Å². The topological polar surface area (TPSA) is 113 Å². The Morgan fingerprint density at radius 3 is 2.48 bits per heavy atom. The zero-order valence-corrected chi connectivity index (χ0v) is 18.9. The maximum absolute atomic E-state index is 6.15. The number of ether oxygens (including phenoxy) is 1. The van der Waals surface area contributed by atoms with Crippen LogP contribution in [0.15, 0.2) is 36.5 Å². The predicted molar refractivity (Wildman–Crippen MR) is 127 cm³/mol.